The molecule has 2 heterocycles. The van der Waals surface area contributed by atoms with E-state index in [1.807, 2.05) is 13.8 Å². The van der Waals surface area contributed by atoms with Crippen LogP contribution >= 0.6 is 11.3 Å². The fraction of sp³-hybridized carbons (Fsp3) is 0.219. The average molecular weight is 664 g/mol. The van der Waals surface area contributed by atoms with Gasteiger partial charge in [0.15, 0.2) is 4.80 Å². The van der Waals surface area contributed by atoms with Gasteiger partial charge < -0.3 is 13.7 Å². The second-order valence-electron chi connectivity index (χ2n) is 10.4. The van der Waals surface area contributed by atoms with Gasteiger partial charge in [0, 0.05) is 12.1 Å². The van der Waals surface area contributed by atoms with Crippen LogP contribution in [0.2, 0.25) is 0 Å². The molecule has 0 unspecified atom stereocenters. The molecule has 0 saturated heterocycles. The van der Waals surface area contributed by atoms with Crippen LogP contribution in [-0.2, 0) is 19.6 Å². The Kier molecular flexibility index (Phi) is 9.21. The number of fused-ring (bicyclic) bond motifs is 1. The van der Waals surface area contributed by atoms with Gasteiger partial charge in [-0.25, -0.2) is 9.79 Å². The first kappa shape index (κ1) is 32.3. The summed E-state index contributed by atoms with van der Waals surface area (Å²) in [7, 11) is -4.25. The van der Waals surface area contributed by atoms with Crippen molar-refractivity contribution in [3.63, 3.8) is 0 Å². The van der Waals surface area contributed by atoms with Gasteiger partial charge in [-0.1, -0.05) is 35.6 Å². The molecule has 14 heteroatoms. The fourth-order valence-corrected chi connectivity index (χ4v) is 6.76. The van der Waals surface area contributed by atoms with Crippen LogP contribution in [-0.4, -0.2) is 36.6 Å². The van der Waals surface area contributed by atoms with Crippen molar-refractivity contribution < 1.29 is 31.8 Å². The number of carbonyl (C=O) groups excluding carboxylic acids is 1. The monoisotopic (exact) mass is 663 g/mol. The van der Waals surface area contributed by atoms with Gasteiger partial charge in [-0.2, -0.15) is 8.42 Å². The second-order valence-corrected chi connectivity index (χ2v) is 13.0. The summed E-state index contributed by atoms with van der Waals surface area (Å²) in [5, 5.41) is 10.9. The third kappa shape index (κ3) is 6.77. The maximum absolute atomic E-state index is 13.9. The van der Waals surface area contributed by atoms with Crippen LogP contribution in [0.25, 0.3) is 6.08 Å². The molecule has 0 saturated carbocycles. The Morgan fingerprint density at radius 1 is 1.04 bits per heavy atom. The minimum absolute atomic E-state index is 0.0107. The molecular weight excluding hydrogens is 634 g/mol. The topological polar surface area (TPSA) is 156 Å². The maximum atomic E-state index is 13.9. The number of nitrogens with zero attached hydrogens (tertiary/aromatic N) is 3. The molecule has 238 valence electrons. The van der Waals surface area contributed by atoms with Gasteiger partial charge in [-0.05, 0) is 81.3 Å². The molecule has 0 spiro atoms. The molecule has 46 heavy (non-hydrogen) atoms. The molecule has 0 N–H and O–H groups in total. The van der Waals surface area contributed by atoms with Gasteiger partial charge >= 0.3 is 16.1 Å². The molecule has 4 aromatic rings. The number of nitro benzene ring substituents is 1. The molecule has 0 bridgehead atoms. The van der Waals surface area contributed by atoms with Crippen LogP contribution in [0.3, 0.4) is 0 Å². The van der Waals surface area contributed by atoms with E-state index in [1.54, 1.807) is 56.3 Å². The van der Waals surface area contributed by atoms with Crippen molar-refractivity contribution in [2.24, 2.45) is 4.99 Å². The van der Waals surface area contributed by atoms with Crippen molar-refractivity contribution in [1.82, 2.24) is 4.57 Å². The lowest BCUT2D eigenvalue weighted by Gasteiger charge is -2.25. The van der Waals surface area contributed by atoms with Crippen molar-refractivity contribution in [2.75, 3.05) is 6.61 Å². The van der Waals surface area contributed by atoms with Crippen LogP contribution in [0.5, 0.6) is 11.5 Å². The summed E-state index contributed by atoms with van der Waals surface area (Å²) >= 11 is 1.15. The summed E-state index contributed by atoms with van der Waals surface area (Å²) in [4.78, 5) is 42.0. The van der Waals surface area contributed by atoms with E-state index in [4.69, 9.17) is 13.7 Å². The normalized spacial score (nSPS) is 14.9. The number of thiazole rings is 1. The third-order valence-corrected chi connectivity index (χ3v) is 9.05. The highest BCUT2D eigenvalue weighted by Crippen LogP contribution is 2.32. The fourth-order valence-electron chi connectivity index (χ4n) is 4.79. The molecule has 1 atom stereocenters. The third-order valence-electron chi connectivity index (χ3n) is 6.80. The Bertz CT molecular complexity index is 2110. The van der Waals surface area contributed by atoms with Crippen molar-refractivity contribution in [1.29, 1.82) is 0 Å². The maximum Gasteiger partial charge on any atom is 0.339 e. The average Bonchev–Trinajstić information content (AvgIpc) is 3.31. The summed E-state index contributed by atoms with van der Waals surface area (Å²) in [6.07, 6.45) is 1.61. The first-order valence-electron chi connectivity index (χ1n) is 14.1. The summed E-state index contributed by atoms with van der Waals surface area (Å²) in [6, 6.07) is 16.8. The molecule has 12 nitrogen and oxygen atoms in total. The number of esters is 1. The predicted molar refractivity (Wildman–Crippen MR) is 170 cm³/mol. The Balaban J connectivity index is 1.48. The summed E-state index contributed by atoms with van der Waals surface area (Å²) in [5.41, 5.74) is 1.34. The Morgan fingerprint density at radius 3 is 2.26 bits per heavy atom. The van der Waals surface area contributed by atoms with E-state index < -0.39 is 27.1 Å². The van der Waals surface area contributed by atoms with E-state index in [1.165, 1.54) is 16.7 Å². The van der Waals surface area contributed by atoms with Crippen molar-refractivity contribution in [2.45, 2.75) is 44.7 Å². The quantitative estimate of drug-likeness (QED) is 0.105. The van der Waals surface area contributed by atoms with Crippen molar-refractivity contribution in [3.8, 4) is 11.5 Å². The molecule has 1 aliphatic rings. The molecule has 1 aliphatic heterocycles. The molecule has 0 radical (unpaired) electrons. The predicted octanol–water partition coefficient (Wildman–Crippen LogP) is 4.26. The smallest absolute Gasteiger partial charge is 0.339 e. The minimum atomic E-state index is -4.25. The van der Waals surface area contributed by atoms with E-state index in [0.717, 1.165) is 35.6 Å². The number of aromatic nitrogens is 1. The van der Waals surface area contributed by atoms with Crippen LogP contribution in [0.15, 0.2) is 98.7 Å². The van der Waals surface area contributed by atoms with E-state index in [-0.39, 0.29) is 40.2 Å². The zero-order chi connectivity index (χ0) is 33.2. The van der Waals surface area contributed by atoms with Gasteiger partial charge in [-0.15, -0.1) is 0 Å². The highest BCUT2D eigenvalue weighted by Gasteiger charge is 2.33. The number of rotatable bonds is 10. The summed E-state index contributed by atoms with van der Waals surface area (Å²) < 4.78 is 43.5. The number of allylic oxidation sites excluding steroid dienone is 1. The zero-order valence-electron chi connectivity index (χ0n) is 25.2. The number of non-ortho nitro benzene ring substituents is 1. The highest BCUT2D eigenvalue weighted by atomic mass is 32.2. The van der Waals surface area contributed by atoms with Gasteiger partial charge in [0.05, 0.1) is 39.5 Å². The first-order valence-corrected chi connectivity index (χ1v) is 16.4. The summed E-state index contributed by atoms with van der Waals surface area (Å²) in [5.74, 6) is 0.0962. The number of ether oxygens (including phenoxy) is 2. The summed E-state index contributed by atoms with van der Waals surface area (Å²) in [6.45, 7) is 7.40. The number of hydrogen-bond acceptors (Lipinski definition) is 11. The number of carbonyl (C=O) groups is 1. The van der Waals surface area contributed by atoms with Crippen molar-refractivity contribution >= 4 is 39.2 Å². The van der Waals surface area contributed by atoms with Gasteiger partial charge in [0.1, 0.15) is 16.4 Å². The SMILES string of the molecule is CCOC(=O)C1=C(C)N=c2s/c(=C\c3ccc(OS(=O)(=O)c4ccc([N+](=O)[O-])cc4)cc3)c(=O)n2[C@@H]1c1ccc(OC(C)C)cc1. The minimum Gasteiger partial charge on any atom is -0.491 e. The standard InChI is InChI=1S/C32H29N3O9S2/c1-5-42-31(37)28-20(4)33-32-34(29(28)22-8-14-24(15-9-22)43-19(2)3)30(36)27(45-32)18-21-6-12-25(13-7-21)44-46(40,41)26-16-10-23(11-17-26)35(38)39/h6-19,29H,5H2,1-4H3/b27-18-/t29-/m1/s1. The lowest BCUT2D eigenvalue weighted by Crippen LogP contribution is -2.39. The Labute approximate surface area is 267 Å². The molecule has 1 aromatic heterocycles. The number of hydrogen-bond donors (Lipinski definition) is 0. The van der Waals surface area contributed by atoms with Crippen LogP contribution in [0, 0.1) is 10.1 Å². The van der Waals surface area contributed by atoms with Crippen molar-refractivity contribution in [3.05, 3.63) is 125 Å². The Hall–Kier alpha value is -5.08. The number of benzene rings is 3. The molecule has 0 aliphatic carbocycles. The van der Waals surface area contributed by atoms with Gasteiger partial charge in [-0.3, -0.25) is 19.5 Å². The Morgan fingerprint density at radius 2 is 1.67 bits per heavy atom. The molecule has 3 aromatic carbocycles. The lowest BCUT2D eigenvalue weighted by molar-refractivity contribution is -0.384. The molecule has 0 fully saturated rings. The molecular formula is C32H29N3O9S2. The van der Waals surface area contributed by atoms with Gasteiger partial charge in [0.2, 0.25) is 0 Å². The van der Waals surface area contributed by atoms with E-state index in [0.29, 0.717) is 31.9 Å². The highest BCUT2D eigenvalue weighted by molar-refractivity contribution is 7.87. The first-order chi connectivity index (χ1) is 21.9. The molecule has 5 rings (SSSR count). The van der Waals surface area contributed by atoms with Crippen LogP contribution in [0.1, 0.15) is 44.9 Å². The number of nitro groups is 1. The second kappa shape index (κ2) is 13.1. The van der Waals surface area contributed by atoms with E-state index in [9.17, 15) is 28.1 Å². The van der Waals surface area contributed by atoms with E-state index in [2.05, 4.69) is 4.99 Å². The van der Waals surface area contributed by atoms with E-state index >= 15 is 0 Å². The molecule has 0 amide bonds. The van der Waals surface area contributed by atoms with Gasteiger partial charge in [0.25, 0.3) is 11.2 Å². The zero-order valence-corrected chi connectivity index (χ0v) is 26.8. The van der Waals surface area contributed by atoms with Crippen LogP contribution < -0.4 is 23.8 Å². The lowest BCUT2D eigenvalue weighted by atomic mass is 9.96. The van der Waals surface area contributed by atoms with Crippen LogP contribution in [0.4, 0.5) is 5.69 Å². The largest absolute Gasteiger partial charge is 0.491 e.